The van der Waals surface area contributed by atoms with Crippen molar-refractivity contribution in [2.75, 3.05) is 13.2 Å². The lowest BCUT2D eigenvalue weighted by molar-refractivity contribution is 0.171. The first-order chi connectivity index (χ1) is 9.74. The second kappa shape index (κ2) is 5.42. The summed E-state index contributed by atoms with van der Waals surface area (Å²) in [5, 5.41) is 7.59. The van der Waals surface area contributed by atoms with Crippen LogP contribution in [0.2, 0.25) is 0 Å². The Morgan fingerprint density at radius 1 is 1.20 bits per heavy atom. The number of nitrogens with one attached hydrogen (secondary N) is 1. The van der Waals surface area contributed by atoms with Gasteiger partial charge in [0.1, 0.15) is 19.0 Å². The van der Waals surface area contributed by atoms with Crippen molar-refractivity contribution in [3.8, 4) is 11.5 Å². The van der Waals surface area contributed by atoms with Gasteiger partial charge in [-0.1, -0.05) is 11.8 Å². The molecule has 6 heteroatoms. The molecule has 0 amide bonds. The first-order valence-electron chi connectivity index (χ1n) is 6.10. The van der Waals surface area contributed by atoms with Gasteiger partial charge >= 0.3 is 0 Å². The number of hydrogen-bond acceptors (Lipinski definition) is 5. The smallest absolute Gasteiger partial charge is 0.162 e. The first-order valence-corrected chi connectivity index (χ1v) is 6.91. The van der Waals surface area contributed by atoms with Gasteiger partial charge in [0, 0.05) is 27.7 Å². The van der Waals surface area contributed by atoms with Crippen LogP contribution in [0.1, 0.15) is 5.56 Å². The van der Waals surface area contributed by atoms with Crippen LogP contribution in [-0.2, 0) is 0 Å². The third-order valence-electron chi connectivity index (χ3n) is 2.82. The van der Waals surface area contributed by atoms with Crippen LogP contribution >= 0.6 is 11.8 Å². The third kappa shape index (κ3) is 2.55. The molecule has 0 radical (unpaired) electrons. The second-order valence-corrected chi connectivity index (χ2v) is 5.31. The van der Waals surface area contributed by atoms with E-state index in [0.717, 1.165) is 21.3 Å². The number of benzene rings is 1. The number of hydrogen-bond donors (Lipinski definition) is 2. The fraction of sp³-hybridized carbons (Fsp3) is 0.143. The van der Waals surface area contributed by atoms with Crippen molar-refractivity contribution in [2.45, 2.75) is 9.79 Å². The van der Waals surface area contributed by atoms with E-state index in [0.29, 0.717) is 18.8 Å². The Morgan fingerprint density at radius 2 is 2.00 bits per heavy atom. The maximum atomic E-state index is 7.59. The van der Waals surface area contributed by atoms with E-state index >= 15 is 0 Å². The topological polar surface area (TPSA) is 81.2 Å². The number of nitrogen functional groups attached to an aromatic ring is 1. The predicted octanol–water partition coefficient (Wildman–Crippen LogP) is 2.29. The summed E-state index contributed by atoms with van der Waals surface area (Å²) in [6, 6.07) is 7.51. The Hall–Kier alpha value is -2.21. The molecular formula is C14H13N3O2S. The molecule has 5 nitrogen and oxygen atoms in total. The van der Waals surface area contributed by atoms with Crippen molar-refractivity contribution in [3.05, 3.63) is 42.2 Å². The molecule has 0 bridgehead atoms. The largest absolute Gasteiger partial charge is 0.486 e. The van der Waals surface area contributed by atoms with Crippen LogP contribution in [-0.4, -0.2) is 24.0 Å². The van der Waals surface area contributed by atoms with Gasteiger partial charge in [-0.25, -0.2) is 0 Å². The standard InChI is InChI=1S/C14H13N3O2S/c15-14(16)10-3-4-17-8-13(10)20-9-1-2-11-12(7-9)19-6-5-18-11/h1-4,7-8H,5-6H2,(H3,15,16). The van der Waals surface area contributed by atoms with Gasteiger partial charge in [0.05, 0.1) is 0 Å². The maximum absolute atomic E-state index is 7.59. The number of nitrogens with zero attached hydrogens (tertiary/aromatic N) is 1. The number of aromatic nitrogens is 1. The molecule has 2 aromatic rings. The summed E-state index contributed by atoms with van der Waals surface area (Å²) in [7, 11) is 0. The van der Waals surface area contributed by atoms with E-state index in [1.807, 2.05) is 18.2 Å². The minimum atomic E-state index is 0.0347. The molecule has 1 aliphatic rings. The van der Waals surface area contributed by atoms with Crippen LogP contribution in [0.3, 0.4) is 0 Å². The highest BCUT2D eigenvalue weighted by Crippen LogP contribution is 2.37. The minimum Gasteiger partial charge on any atom is -0.486 e. The van der Waals surface area contributed by atoms with Crippen LogP contribution in [0, 0.1) is 5.41 Å². The monoisotopic (exact) mass is 287 g/mol. The zero-order valence-electron chi connectivity index (χ0n) is 10.6. The van der Waals surface area contributed by atoms with Gasteiger partial charge in [0.25, 0.3) is 0 Å². The summed E-state index contributed by atoms with van der Waals surface area (Å²) in [6.45, 7) is 1.14. The average Bonchev–Trinajstić information content (AvgIpc) is 2.47. The summed E-state index contributed by atoms with van der Waals surface area (Å²) in [6.07, 6.45) is 3.34. The van der Waals surface area contributed by atoms with Crippen LogP contribution in [0.15, 0.2) is 46.5 Å². The molecule has 0 aliphatic carbocycles. The molecule has 1 aliphatic heterocycles. The number of rotatable bonds is 3. The van der Waals surface area contributed by atoms with Gasteiger partial charge < -0.3 is 15.2 Å². The molecule has 0 unspecified atom stereocenters. The fourth-order valence-corrected chi connectivity index (χ4v) is 2.86. The van der Waals surface area contributed by atoms with E-state index < -0.39 is 0 Å². The number of pyridine rings is 1. The van der Waals surface area contributed by atoms with Gasteiger partial charge in [0.2, 0.25) is 0 Å². The Balaban J connectivity index is 1.90. The summed E-state index contributed by atoms with van der Waals surface area (Å²) >= 11 is 1.50. The molecule has 0 spiro atoms. The van der Waals surface area contributed by atoms with E-state index in [4.69, 9.17) is 20.6 Å². The molecule has 1 aromatic heterocycles. The lowest BCUT2D eigenvalue weighted by Crippen LogP contribution is -2.15. The quantitative estimate of drug-likeness (QED) is 0.668. The van der Waals surface area contributed by atoms with Crippen LogP contribution in [0.4, 0.5) is 0 Å². The number of fused-ring (bicyclic) bond motifs is 1. The van der Waals surface area contributed by atoms with Crippen LogP contribution in [0.5, 0.6) is 11.5 Å². The molecule has 0 atom stereocenters. The first kappa shape index (κ1) is 12.8. The molecule has 3 rings (SSSR count). The van der Waals surface area contributed by atoms with Crippen molar-refractivity contribution in [1.29, 1.82) is 5.41 Å². The fourth-order valence-electron chi connectivity index (χ4n) is 1.90. The van der Waals surface area contributed by atoms with Crippen molar-refractivity contribution < 1.29 is 9.47 Å². The van der Waals surface area contributed by atoms with Crippen molar-refractivity contribution in [3.63, 3.8) is 0 Å². The Bertz CT molecular complexity index is 661. The zero-order valence-corrected chi connectivity index (χ0v) is 11.4. The maximum Gasteiger partial charge on any atom is 0.162 e. The van der Waals surface area contributed by atoms with Gasteiger partial charge in [-0.15, -0.1) is 0 Å². The molecule has 0 fully saturated rings. The minimum absolute atomic E-state index is 0.0347. The van der Waals surface area contributed by atoms with Crippen molar-refractivity contribution in [1.82, 2.24) is 4.98 Å². The van der Waals surface area contributed by atoms with Gasteiger partial charge in [-0.05, 0) is 24.3 Å². The number of ether oxygens (including phenoxy) is 2. The SMILES string of the molecule is N=C(N)c1ccncc1Sc1ccc2c(c1)OCCO2. The third-order valence-corrected chi connectivity index (χ3v) is 3.85. The van der Waals surface area contributed by atoms with E-state index in [2.05, 4.69) is 4.98 Å². The normalized spacial score (nSPS) is 13.0. The van der Waals surface area contributed by atoms with Crippen LogP contribution < -0.4 is 15.2 Å². The van der Waals surface area contributed by atoms with Gasteiger partial charge in [-0.3, -0.25) is 10.4 Å². The molecule has 20 heavy (non-hydrogen) atoms. The van der Waals surface area contributed by atoms with E-state index in [9.17, 15) is 0 Å². The van der Waals surface area contributed by atoms with Crippen LogP contribution in [0.25, 0.3) is 0 Å². The second-order valence-electron chi connectivity index (χ2n) is 4.19. The number of amidine groups is 1. The lowest BCUT2D eigenvalue weighted by Gasteiger charge is -2.18. The zero-order chi connectivity index (χ0) is 13.9. The molecule has 1 aromatic carbocycles. The average molecular weight is 287 g/mol. The summed E-state index contributed by atoms with van der Waals surface area (Å²) < 4.78 is 11.0. The Morgan fingerprint density at radius 3 is 2.80 bits per heavy atom. The molecule has 3 N–H and O–H groups in total. The highest BCUT2D eigenvalue weighted by molar-refractivity contribution is 7.99. The molecule has 0 saturated heterocycles. The van der Waals surface area contributed by atoms with Gasteiger partial charge in [0.15, 0.2) is 11.5 Å². The summed E-state index contributed by atoms with van der Waals surface area (Å²) in [5.74, 6) is 1.54. The summed E-state index contributed by atoms with van der Waals surface area (Å²) in [4.78, 5) is 5.92. The highest BCUT2D eigenvalue weighted by atomic mass is 32.2. The summed E-state index contributed by atoms with van der Waals surface area (Å²) in [5.41, 5.74) is 6.26. The van der Waals surface area contributed by atoms with E-state index in [1.165, 1.54) is 11.8 Å². The predicted molar refractivity (Wildman–Crippen MR) is 76.8 cm³/mol. The van der Waals surface area contributed by atoms with E-state index in [1.54, 1.807) is 18.5 Å². The van der Waals surface area contributed by atoms with Crippen molar-refractivity contribution in [2.24, 2.45) is 5.73 Å². The molecule has 102 valence electrons. The van der Waals surface area contributed by atoms with E-state index in [-0.39, 0.29) is 5.84 Å². The molecule has 2 heterocycles. The molecule has 0 saturated carbocycles. The highest BCUT2D eigenvalue weighted by Gasteiger charge is 2.13. The van der Waals surface area contributed by atoms with Gasteiger partial charge in [-0.2, -0.15) is 0 Å². The van der Waals surface area contributed by atoms with Crippen molar-refractivity contribution >= 4 is 17.6 Å². The Labute approximate surface area is 120 Å². The lowest BCUT2D eigenvalue weighted by atomic mass is 10.2. The Kier molecular flexibility index (Phi) is 3.47. The number of nitrogens with two attached hydrogens (primary N) is 1. The molecular weight excluding hydrogens is 274 g/mol.